The second-order valence-corrected chi connectivity index (χ2v) is 7.48. The van der Waals surface area contributed by atoms with E-state index in [0.29, 0.717) is 18.3 Å². The van der Waals surface area contributed by atoms with Gasteiger partial charge in [0.2, 0.25) is 0 Å². The van der Waals surface area contributed by atoms with Crippen molar-refractivity contribution in [2.45, 2.75) is 31.8 Å². The van der Waals surface area contributed by atoms with Crippen LogP contribution in [0.3, 0.4) is 0 Å². The molecule has 2 aromatic carbocycles. The first-order valence-corrected chi connectivity index (χ1v) is 10.2. The molecule has 0 spiro atoms. The number of hydrogen-bond donors (Lipinski definition) is 2. The second kappa shape index (κ2) is 12.5. The van der Waals surface area contributed by atoms with Crippen molar-refractivity contribution in [3.8, 4) is 5.75 Å². The average molecular weight is 540 g/mol. The quantitative estimate of drug-likeness (QED) is 0.291. The number of nitrogens with zero attached hydrogens (tertiary/aromatic N) is 2. The Hall–Kier alpha value is -2.36. The number of rotatable bonds is 9. The topological polar surface area (TPSA) is 66.0 Å². The van der Waals surface area contributed by atoms with Crippen molar-refractivity contribution >= 4 is 35.8 Å². The molecule has 6 nitrogen and oxygen atoms in total. The number of hydrogen-bond acceptors (Lipinski definition) is 3. The zero-order chi connectivity index (χ0) is 21.3. The largest absolute Gasteiger partial charge is 0.484 e. The Bertz CT molecular complexity index is 855. The van der Waals surface area contributed by atoms with Gasteiger partial charge in [-0.3, -0.25) is 9.79 Å². The molecule has 2 aromatic rings. The lowest BCUT2D eigenvalue weighted by atomic mass is 10.1. The van der Waals surface area contributed by atoms with Crippen molar-refractivity contribution in [1.29, 1.82) is 0 Å². The van der Waals surface area contributed by atoms with Crippen LogP contribution in [0.5, 0.6) is 5.75 Å². The summed E-state index contributed by atoms with van der Waals surface area (Å²) in [4.78, 5) is 18.0. The standard InChI is InChI=1S/C23H29FN4O2.HI/c1-25-23(28(2)15-18-3-7-19(24)8-4-18)26-14-13-17-5-11-21(12-6-17)30-16-22(29)27-20-9-10-20;/h3-8,11-12,20H,9-10,13-16H2,1-2H3,(H,25,26)(H,27,29);1H. The van der Waals surface area contributed by atoms with E-state index in [1.165, 1.54) is 12.1 Å². The smallest absolute Gasteiger partial charge is 0.258 e. The van der Waals surface area contributed by atoms with Crippen molar-refractivity contribution in [3.05, 3.63) is 65.5 Å². The lowest BCUT2D eigenvalue weighted by molar-refractivity contribution is -0.123. The molecule has 168 valence electrons. The Morgan fingerprint density at radius 3 is 2.39 bits per heavy atom. The number of carbonyl (C=O) groups excluding carboxylic acids is 1. The van der Waals surface area contributed by atoms with Gasteiger partial charge in [-0.25, -0.2) is 4.39 Å². The number of aliphatic imine (C=N–C) groups is 1. The summed E-state index contributed by atoms with van der Waals surface area (Å²) < 4.78 is 18.6. The van der Waals surface area contributed by atoms with Gasteiger partial charge in [0.05, 0.1) is 0 Å². The Kier molecular flexibility index (Phi) is 10.0. The van der Waals surface area contributed by atoms with E-state index >= 15 is 0 Å². The van der Waals surface area contributed by atoms with Crippen LogP contribution in [0.15, 0.2) is 53.5 Å². The van der Waals surface area contributed by atoms with Gasteiger partial charge >= 0.3 is 0 Å². The number of amides is 1. The SMILES string of the molecule is CN=C(NCCc1ccc(OCC(=O)NC2CC2)cc1)N(C)Cc1ccc(F)cc1.I. The minimum absolute atomic E-state index is 0. The molecule has 0 bridgehead atoms. The van der Waals surface area contributed by atoms with E-state index in [0.717, 1.165) is 42.9 Å². The van der Waals surface area contributed by atoms with E-state index in [1.807, 2.05) is 36.2 Å². The minimum atomic E-state index is -0.234. The Morgan fingerprint density at radius 2 is 1.77 bits per heavy atom. The Morgan fingerprint density at radius 1 is 1.13 bits per heavy atom. The normalized spacial score (nSPS) is 13.2. The van der Waals surface area contributed by atoms with Crippen molar-refractivity contribution in [1.82, 2.24) is 15.5 Å². The van der Waals surface area contributed by atoms with Crippen molar-refractivity contribution in [3.63, 3.8) is 0 Å². The van der Waals surface area contributed by atoms with E-state index in [2.05, 4.69) is 15.6 Å². The molecule has 1 fully saturated rings. The van der Waals surface area contributed by atoms with Gasteiger partial charge in [-0.05, 0) is 54.7 Å². The summed E-state index contributed by atoms with van der Waals surface area (Å²) >= 11 is 0. The first-order valence-electron chi connectivity index (χ1n) is 10.2. The fourth-order valence-corrected chi connectivity index (χ4v) is 3.04. The first-order chi connectivity index (χ1) is 14.5. The zero-order valence-corrected chi connectivity index (χ0v) is 20.3. The molecular formula is C23H30FIN4O2. The predicted molar refractivity (Wildman–Crippen MR) is 131 cm³/mol. The minimum Gasteiger partial charge on any atom is -0.484 e. The van der Waals surface area contributed by atoms with Gasteiger partial charge < -0.3 is 20.3 Å². The summed E-state index contributed by atoms with van der Waals surface area (Å²) in [6.45, 7) is 1.42. The van der Waals surface area contributed by atoms with Crippen LogP contribution in [0.25, 0.3) is 0 Å². The van der Waals surface area contributed by atoms with E-state index in [9.17, 15) is 9.18 Å². The van der Waals surface area contributed by atoms with Crippen molar-refractivity contribution in [2.24, 2.45) is 4.99 Å². The van der Waals surface area contributed by atoms with Crippen LogP contribution in [0.4, 0.5) is 4.39 Å². The molecule has 1 aliphatic rings. The number of halogens is 2. The fourth-order valence-electron chi connectivity index (χ4n) is 3.04. The van der Waals surface area contributed by atoms with Gasteiger partial charge in [0.1, 0.15) is 11.6 Å². The molecule has 8 heteroatoms. The number of ether oxygens (including phenoxy) is 1. The van der Waals surface area contributed by atoms with Crippen LogP contribution in [0, 0.1) is 5.82 Å². The van der Waals surface area contributed by atoms with Crippen molar-refractivity contribution in [2.75, 3.05) is 27.2 Å². The molecule has 3 rings (SSSR count). The van der Waals surface area contributed by atoms with Gasteiger partial charge in [-0.1, -0.05) is 24.3 Å². The summed E-state index contributed by atoms with van der Waals surface area (Å²) in [5.41, 5.74) is 2.18. The molecule has 0 aliphatic heterocycles. The summed E-state index contributed by atoms with van der Waals surface area (Å²) in [6.07, 6.45) is 2.97. The highest BCUT2D eigenvalue weighted by Crippen LogP contribution is 2.18. The summed E-state index contributed by atoms with van der Waals surface area (Å²) in [7, 11) is 3.69. The Labute approximate surface area is 200 Å². The van der Waals surface area contributed by atoms with Crippen LogP contribution < -0.4 is 15.4 Å². The number of benzene rings is 2. The lowest BCUT2D eigenvalue weighted by Gasteiger charge is -2.22. The molecule has 0 radical (unpaired) electrons. The summed E-state index contributed by atoms with van der Waals surface area (Å²) in [5, 5.41) is 6.25. The van der Waals surface area contributed by atoms with E-state index in [-0.39, 0.29) is 42.3 Å². The molecular weight excluding hydrogens is 510 g/mol. The van der Waals surface area contributed by atoms with Gasteiger partial charge in [-0.15, -0.1) is 24.0 Å². The first kappa shape index (κ1) is 24.9. The van der Waals surface area contributed by atoms with E-state index in [1.54, 1.807) is 19.2 Å². The average Bonchev–Trinajstić information content (AvgIpc) is 3.56. The van der Waals surface area contributed by atoms with Crippen LogP contribution in [-0.4, -0.2) is 50.1 Å². The highest BCUT2D eigenvalue weighted by molar-refractivity contribution is 14.0. The molecule has 0 unspecified atom stereocenters. The molecule has 1 saturated carbocycles. The molecule has 0 aromatic heterocycles. The highest BCUT2D eigenvalue weighted by Gasteiger charge is 2.23. The second-order valence-electron chi connectivity index (χ2n) is 7.48. The number of nitrogens with one attached hydrogen (secondary N) is 2. The van der Waals surface area contributed by atoms with Gasteiger partial charge in [-0.2, -0.15) is 0 Å². The number of guanidine groups is 1. The zero-order valence-electron chi connectivity index (χ0n) is 17.9. The Balaban J connectivity index is 0.00000341. The highest BCUT2D eigenvalue weighted by atomic mass is 127. The summed E-state index contributed by atoms with van der Waals surface area (Å²) in [6, 6.07) is 14.6. The van der Waals surface area contributed by atoms with Gasteiger partial charge in [0.15, 0.2) is 12.6 Å². The maximum absolute atomic E-state index is 13.1. The maximum Gasteiger partial charge on any atom is 0.258 e. The van der Waals surface area contributed by atoms with E-state index in [4.69, 9.17) is 4.74 Å². The molecule has 0 saturated heterocycles. The van der Waals surface area contributed by atoms with Crippen LogP contribution >= 0.6 is 24.0 Å². The monoisotopic (exact) mass is 540 g/mol. The van der Waals surface area contributed by atoms with Gasteiger partial charge in [0.25, 0.3) is 5.91 Å². The van der Waals surface area contributed by atoms with Crippen molar-refractivity contribution < 1.29 is 13.9 Å². The molecule has 2 N–H and O–H groups in total. The third-order valence-corrected chi connectivity index (χ3v) is 4.84. The molecule has 1 aliphatic carbocycles. The third-order valence-electron chi connectivity index (χ3n) is 4.84. The number of carbonyl (C=O) groups is 1. The molecule has 0 heterocycles. The van der Waals surface area contributed by atoms with Crippen LogP contribution in [0.1, 0.15) is 24.0 Å². The van der Waals surface area contributed by atoms with Gasteiger partial charge in [0, 0.05) is 33.2 Å². The third kappa shape index (κ3) is 8.72. The van der Waals surface area contributed by atoms with Crippen LogP contribution in [-0.2, 0) is 17.8 Å². The fraction of sp³-hybridized carbons (Fsp3) is 0.391. The molecule has 0 atom stereocenters. The van der Waals surface area contributed by atoms with Crippen LogP contribution in [0.2, 0.25) is 0 Å². The summed E-state index contributed by atoms with van der Waals surface area (Å²) in [5.74, 6) is 1.16. The predicted octanol–water partition coefficient (Wildman–Crippen LogP) is 3.35. The lowest BCUT2D eigenvalue weighted by Crippen LogP contribution is -2.39. The molecule has 1 amide bonds. The maximum atomic E-state index is 13.1. The van der Waals surface area contributed by atoms with E-state index < -0.39 is 0 Å². The molecule has 31 heavy (non-hydrogen) atoms.